The number of likely N-dealkylation sites (N-methyl/N-ethyl adjacent to an activating group) is 1. The van der Waals surface area contributed by atoms with Gasteiger partial charge in [-0.15, -0.1) is 0 Å². The van der Waals surface area contributed by atoms with Crippen LogP contribution in [0, 0.1) is 0 Å². The number of nitrogens with one attached hydrogen (secondary N) is 2. The van der Waals surface area contributed by atoms with Gasteiger partial charge in [0.05, 0.1) is 11.7 Å². The van der Waals surface area contributed by atoms with E-state index in [1.54, 1.807) is 30.4 Å². The first-order chi connectivity index (χ1) is 16.2. The summed E-state index contributed by atoms with van der Waals surface area (Å²) in [5.74, 6) is -0.268. The van der Waals surface area contributed by atoms with E-state index in [-0.39, 0.29) is 18.0 Å². The average Bonchev–Trinajstić information content (AvgIpc) is 3.49. The molecule has 0 bridgehead atoms. The quantitative estimate of drug-likeness (QED) is 0.590. The third-order valence-electron chi connectivity index (χ3n) is 5.66. The number of rotatable bonds is 5. The number of anilines is 2. The molecule has 1 fully saturated rings. The molecule has 3 aromatic rings. The molecule has 0 spiro atoms. The van der Waals surface area contributed by atoms with Gasteiger partial charge >= 0.3 is 6.09 Å². The van der Waals surface area contributed by atoms with Crippen LogP contribution in [0.1, 0.15) is 37.7 Å². The Morgan fingerprint density at radius 2 is 1.97 bits per heavy atom. The van der Waals surface area contributed by atoms with Gasteiger partial charge in [0.15, 0.2) is 0 Å². The van der Waals surface area contributed by atoms with Crippen LogP contribution >= 0.6 is 0 Å². The maximum atomic E-state index is 12.6. The van der Waals surface area contributed by atoms with E-state index in [2.05, 4.69) is 25.4 Å². The summed E-state index contributed by atoms with van der Waals surface area (Å²) < 4.78 is 5.49. The van der Waals surface area contributed by atoms with E-state index in [1.807, 2.05) is 57.2 Å². The number of nitrogens with zero attached hydrogens (tertiary/aromatic N) is 4. The topological polar surface area (TPSA) is 103 Å². The number of carbonyl (C=O) groups is 2. The lowest BCUT2D eigenvalue weighted by Crippen LogP contribution is -2.42. The van der Waals surface area contributed by atoms with Gasteiger partial charge in [0.2, 0.25) is 0 Å². The minimum atomic E-state index is -0.513. The number of ether oxygens (including phenoxy) is 1. The molecule has 2 aromatic heterocycles. The van der Waals surface area contributed by atoms with Crippen LogP contribution in [0.4, 0.5) is 16.2 Å². The highest BCUT2D eigenvalue weighted by atomic mass is 16.6. The molecule has 1 unspecified atom stereocenters. The zero-order valence-electron chi connectivity index (χ0n) is 19.9. The number of carbonyl (C=O) groups excluding carboxylic acids is 2. The van der Waals surface area contributed by atoms with Gasteiger partial charge in [-0.1, -0.05) is 0 Å². The van der Waals surface area contributed by atoms with Gasteiger partial charge in [0, 0.05) is 49.5 Å². The summed E-state index contributed by atoms with van der Waals surface area (Å²) in [5, 5.41) is 9.87. The molecule has 34 heavy (non-hydrogen) atoms. The first-order valence-electron chi connectivity index (χ1n) is 11.3. The van der Waals surface area contributed by atoms with Crippen molar-refractivity contribution in [3.05, 3.63) is 60.6 Å². The van der Waals surface area contributed by atoms with E-state index in [1.165, 1.54) is 0 Å². The van der Waals surface area contributed by atoms with Gasteiger partial charge in [0.1, 0.15) is 11.3 Å². The highest BCUT2D eigenvalue weighted by Gasteiger charge is 2.31. The molecule has 4 rings (SSSR count). The van der Waals surface area contributed by atoms with Gasteiger partial charge < -0.3 is 19.9 Å². The van der Waals surface area contributed by atoms with E-state index in [0.717, 1.165) is 30.8 Å². The van der Waals surface area contributed by atoms with Crippen molar-refractivity contribution in [1.29, 1.82) is 0 Å². The number of amides is 2. The molecule has 3 heterocycles. The molecule has 0 radical (unpaired) electrons. The number of hydrogen-bond acceptors (Lipinski definition) is 6. The van der Waals surface area contributed by atoms with Crippen molar-refractivity contribution in [2.24, 2.45) is 0 Å². The average molecular weight is 463 g/mol. The van der Waals surface area contributed by atoms with Gasteiger partial charge in [-0.05, 0) is 69.7 Å². The molecule has 2 amide bonds. The predicted molar refractivity (Wildman–Crippen MR) is 131 cm³/mol. The van der Waals surface area contributed by atoms with Crippen molar-refractivity contribution in [1.82, 2.24) is 20.1 Å². The molecule has 2 N–H and O–H groups in total. The fraction of sp³-hybridized carbons (Fsp3) is 0.360. The van der Waals surface area contributed by atoms with Crippen LogP contribution in [0.25, 0.3) is 11.3 Å². The summed E-state index contributed by atoms with van der Waals surface area (Å²) in [4.78, 5) is 33.0. The van der Waals surface area contributed by atoms with Crippen LogP contribution in [0.2, 0.25) is 0 Å². The fourth-order valence-electron chi connectivity index (χ4n) is 3.83. The Labute approximate surface area is 199 Å². The zero-order chi connectivity index (χ0) is 24.3. The minimum absolute atomic E-state index is 0.0867. The second-order valence-corrected chi connectivity index (χ2v) is 9.39. The number of H-pyrrole nitrogens is 1. The molecule has 1 aliphatic rings. The Morgan fingerprint density at radius 3 is 2.65 bits per heavy atom. The lowest BCUT2D eigenvalue weighted by Gasteiger charge is -2.28. The lowest BCUT2D eigenvalue weighted by atomic mass is 10.2. The lowest BCUT2D eigenvalue weighted by molar-refractivity contribution is 0.0238. The monoisotopic (exact) mass is 462 g/mol. The molecular formula is C25H30N6O3. The minimum Gasteiger partial charge on any atom is -0.444 e. The van der Waals surface area contributed by atoms with Gasteiger partial charge in [-0.2, -0.15) is 5.10 Å². The first kappa shape index (κ1) is 23.3. The largest absolute Gasteiger partial charge is 0.444 e. The zero-order valence-corrected chi connectivity index (χ0v) is 19.9. The smallest absolute Gasteiger partial charge is 0.410 e. The Kier molecular flexibility index (Phi) is 6.54. The molecule has 1 saturated heterocycles. The molecule has 9 nitrogen and oxygen atoms in total. The summed E-state index contributed by atoms with van der Waals surface area (Å²) >= 11 is 0. The van der Waals surface area contributed by atoms with Crippen LogP contribution < -0.4 is 10.2 Å². The Balaban J connectivity index is 1.33. The summed E-state index contributed by atoms with van der Waals surface area (Å²) in [6.07, 6.45) is 3.95. The second kappa shape index (κ2) is 9.54. The third kappa shape index (κ3) is 5.54. The first-order valence-corrected chi connectivity index (χ1v) is 11.3. The van der Waals surface area contributed by atoms with E-state index in [4.69, 9.17) is 4.74 Å². The van der Waals surface area contributed by atoms with Crippen molar-refractivity contribution in [2.75, 3.05) is 30.4 Å². The van der Waals surface area contributed by atoms with Crippen LogP contribution in [-0.2, 0) is 4.74 Å². The van der Waals surface area contributed by atoms with Crippen molar-refractivity contribution < 1.29 is 14.3 Å². The van der Waals surface area contributed by atoms with Gasteiger partial charge in [0.25, 0.3) is 5.91 Å². The maximum absolute atomic E-state index is 12.6. The molecule has 1 atom stereocenters. The Bertz CT molecular complexity index is 1140. The number of pyridine rings is 1. The van der Waals surface area contributed by atoms with Crippen LogP contribution in [-0.4, -0.2) is 63.9 Å². The van der Waals surface area contributed by atoms with Crippen molar-refractivity contribution >= 4 is 23.4 Å². The number of benzene rings is 1. The molecule has 1 aliphatic heterocycles. The molecular weight excluding hydrogens is 432 g/mol. The highest BCUT2D eigenvalue weighted by Crippen LogP contribution is 2.25. The highest BCUT2D eigenvalue weighted by molar-refractivity contribution is 6.03. The normalized spacial score (nSPS) is 15.8. The van der Waals surface area contributed by atoms with E-state index in [9.17, 15) is 9.59 Å². The van der Waals surface area contributed by atoms with E-state index < -0.39 is 5.60 Å². The SMILES string of the molecule is CN(C(=O)OC(C)(C)C)C1CCN(c2ccc(NC(=O)c3cc(-c4cccnc4)n[nH]3)cc2)C1. The van der Waals surface area contributed by atoms with Crippen molar-refractivity contribution in [3.8, 4) is 11.3 Å². The number of aromatic nitrogens is 3. The summed E-state index contributed by atoms with van der Waals surface area (Å²) in [6.45, 7) is 7.17. The Morgan fingerprint density at radius 1 is 1.21 bits per heavy atom. The number of aromatic amines is 1. The van der Waals surface area contributed by atoms with E-state index >= 15 is 0 Å². The van der Waals surface area contributed by atoms with Crippen molar-refractivity contribution in [2.45, 2.75) is 38.8 Å². The number of hydrogen-bond donors (Lipinski definition) is 2. The standard InChI is InChI=1S/C25H30N6O3/c1-25(2,3)34-24(33)30(4)20-11-13-31(16-20)19-9-7-18(8-10-19)27-23(32)22-14-21(28-29-22)17-6-5-12-26-15-17/h5-10,12,14-15,20H,11,13,16H2,1-4H3,(H,27,32)(H,28,29). The van der Waals surface area contributed by atoms with Gasteiger partial charge in [-0.3, -0.25) is 14.9 Å². The fourth-order valence-corrected chi connectivity index (χ4v) is 3.83. The van der Waals surface area contributed by atoms with Crippen molar-refractivity contribution in [3.63, 3.8) is 0 Å². The van der Waals surface area contributed by atoms with Gasteiger partial charge in [-0.25, -0.2) is 4.79 Å². The summed E-state index contributed by atoms with van der Waals surface area (Å²) in [7, 11) is 1.79. The molecule has 0 aliphatic carbocycles. The molecule has 178 valence electrons. The second-order valence-electron chi connectivity index (χ2n) is 9.39. The molecule has 9 heteroatoms. The van der Waals surface area contributed by atoms with Crippen LogP contribution in [0.5, 0.6) is 0 Å². The maximum Gasteiger partial charge on any atom is 0.410 e. The third-order valence-corrected chi connectivity index (χ3v) is 5.66. The summed E-state index contributed by atoms with van der Waals surface area (Å²) in [6, 6.07) is 13.2. The Hall–Kier alpha value is -3.88. The van der Waals surface area contributed by atoms with Crippen LogP contribution in [0.3, 0.4) is 0 Å². The predicted octanol–water partition coefficient (Wildman–Crippen LogP) is 4.17. The molecule has 1 aromatic carbocycles. The summed E-state index contributed by atoms with van der Waals surface area (Å²) in [5.41, 5.74) is 3.08. The van der Waals surface area contributed by atoms with Crippen LogP contribution in [0.15, 0.2) is 54.9 Å². The molecule has 0 saturated carbocycles. The van der Waals surface area contributed by atoms with E-state index in [0.29, 0.717) is 17.1 Å².